The SMILES string of the molecule is C[C@@]1(O)[C@H](O)[C@@H](CO)O[C@H]1c1csc2c(N)ncnc12. The van der Waals surface area contributed by atoms with Gasteiger partial charge >= 0.3 is 0 Å². The Bertz CT molecular complexity index is 645. The number of ether oxygens (including phenoxy) is 1. The van der Waals surface area contributed by atoms with Crippen LogP contribution in [0.5, 0.6) is 0 Å². The van der Waals surface area contributed by atoms with E-state index in [9.17, 15) is 15.3 Å². The lowest BCUT2D eigenvalue weighted by atomic mass is 9.89. The van der Waals surface area contributed by atoms with Gasteiger partial charge in [0.1, 0.15) is 36.1 Å². The standard InChI is InChI=1S/C12H15N3O4S/c1-12(18)9(17)6(2-16)19-10(12)5-3-20-8-7(5)14-4-15-11(8)13/h3-4,6,9-10,16-18H,2H2,1H3,(H2,13,14,15)/t6-,9-,10+,12-/m1/s1. The predicted molar refractivity (Wildman–Crippen MR) is 73.2 cm³/mol. The van der Waals surface area contributed by atoms with Gasteiger partial charge in [0.05, 0.1) is 16.8 Å². The topological polar surface area (TPSA) is 122 Å². The van der Waals surface area contributed by atoms with Crippen molar-refractivity contribution in [1.29, 1.82) is 0 Å². The fourth-order valence-corrected chi connectivity index (χ4v) is 3.46. The highest BCUT2D eigenvalue weighted by atomic mass is 32.1. The normalized spacial score (nSPS) is 33.9. The molecule has 1 aliphatic rings. The second kappa shape index (κ2) is 4.61. The minimum absolute atomic E-state index is 0.364. The van der Waals surface area contributed by atoms with Gasteiger partial charge < -0.3 is 25.8 Å². The smallest absolute Gasteiger partial charge is 0.144 e. The lowest BCUT2D eigenvalue weighted by Crippen LogP contribution is -2.42. The second-order valence-corrected chi connectivity index (χ2v) is 5.92. The molecule has 0 radical (unpaired) electrons. The van der Waals surface area contributed by atoms with E-state index in [1.54, 1.807) is 5.38 Å². The number of aromatic nitrogens is 2. The molecule has 5 N–H and O–H groups in total. The summed E-state index contributed by atoms with van der Waals surface area (Å²) in [6, 6.07) is 0. The van der Waals surface area contributed by atoms with E-state index in [1.165, 1.54) is 24.6 Å². The van der Waals surface area contributed by atoms with Crippen LogP contribution in [0.2, 0.25) is 0 Å². The molecule has 3 rings (SSSR count). The van der Waals surface area contributed by atoms with Gasteiger partial charge in [-0.25, -0.2) is 9.97 Å². The van der Waals surface area contributed by atoms with Crippen LogP contribution in [0.1, 0.15) is 18.6 Å². The van der Waals surface area contributed by atoms with E-state index in [-0.39, 0.29) is 6.61 Å². The van der Waals surface area contributed by atoms with E-state index in [2.05, 4.69) is 9.97 Å². The lowest BCUT2D eigenvalue weighted by Gasteiger charge is -2.26. The third-order valence-corrected chi connectivity index (χ3v) is 4.67. The van der Waals surface area contributed by atoms with Crippen LogP contribution in [-0.4, -0.2) is 49.7 Å². The van der Waals surface area contributed by atoms with Crippen LogP contribution in [0.15, 0.2) is 11.7 Å². The summed E-state index contributed by atoms with van der Waals surface area (Å²) in [4.78, 5) is 8.09. The molecule has 1 aliphatic heterocycles. The molecule has 3 heterocycles. The Morgan fingerprint density at radius 2 is 2.25 bits per heavy atom. The van der Waals surface area contributed by atoms with Gasteiger partial charge in [0.25, 0.3) is 0 Å². The fourth-order valence-electron chi connectivity index (χ4n) is 2.52. The number of fused-ring (bicyclic) bond motifs is 1. The molecule has 108 valence electrons. The molecular weight excluding hydrogens is 282 g/mol. The maximum absolute atomic E-state index is 10.5. The molecule has 0 spiro atoms. The van der Waals surface area contributed by atoms with Crippen LogP contribution in [0.4, 0.5) is 5.82 Å². The molecule has 0 aliphatic carbocycles. The summed E-state index contributed by atoms with van der Waals surface area (Å²) in [5.74, 6) is 0.364. The van der Waals surface area contributed by atoms with Crippen molar-refractivity contribution in [3.8, 4) is 0 Å². The van der Waals surface area contributed by atoms with Crippen molar-refractivity contribution in [3.05, 3.63) is 17.3 Å². The van der Waals surface area contributed by atoms with Gasteiger partial charge in [-0.05, 0) is 12.3 Å². The van der Waals surface area contributed by atoms with E-state index >= 15 is 0 Å². The fraction of sp³-hybridized carbons (Fsp3) is 0.500. The number of nitrogens with two attached hydrogens (primary N) is 1. The molecule has 0 bridgehead atoms. The summed E-state index contributed by atoms with van der Waals surface area (Å²) >= 11 is 1.35. The molecule has 8 heteroatoms. The lowest BCUT2D eigenvalue weighted by molar-refractivity contribution is -0.0640. The first-order chi connectivity index (χ1) is 9.46. The van der Waals surface area contributed by atoms with Crippen molar-refractivity contribution in [2.45, 2.75) is 30.8 Å². The van der Waals surface area contributed by atoms with Crippen molar-refractivity contribution in [3.63, 3.8) is 0 Å². The van der Waals surface area contributed by atoms with Gasteiger partial charge in [0, 0.05) is 5.56 Å². The van der Waals surface area contributed by atoms with Crippen molar-refractivity contribution < 1.29 is 20.1 Å². The molecule has 0 saturated carbocycles. The zero-order valence-electron chi connectivity index (χ0n) is 10.7. The summed E-state index contributed by atoms with van der Waals surface area (Å²) in [5.41, 5.74) is 5.50. The number of hydrogen-bond donors (Lipinski definition) is 4. The third kappa shape index (κ3) is 1.80. The van der Waals surface area contributed by atoms with Gasteiger partial charge in [0.2, 0.25) is 0 Å². The second-order valence-electron chi connectivity index (χ2n) is 5.04. The minimum Gasteiger partial charge on any atom is -0.394 e. The van der Waals surface area contributed by atoms with Crippen molar-refractivity contribution in [2.75, 3.05) is 12.3 Å². The van der Waals surface area contributed by atoms with E-state index < -0.39 is 23.9 Å². The van der Waals surface area contributed by atoms with Gasteiger partial charge in [-0.1, -0.05) is 0 Å². The van der Waals surface area contributed by atoms with Crippen LogP contribution < -0.4 is 5.73 Å². The van der Waals surface area contributed by atoms with E-state index in [0.717, 1.165) is 0 Å². The Morgan fingerprint density at radius 3 is 2.90 bits per heavy atom. The number of rotatable bonds is 2. The summed E-state index contributed by atoms with van der Waals surface area (Å²) in [7, 11) is 0. The third-order valence-electron chi connectivity index (χ3n) is 3.66. The minimum atomic E-state index is -1.51. The summed E-state index contributed by atoms with van der Waals surface area (Å²) in [5, 5.41) is 31.5. The molecule has 20 heavy (non-hydrogen) atoms. The largest absolute Gasteiger partial charge is 0.394 e. The van der Waals surface area contributed by atoms with Crippen molar-refractivity contribution >= 4 is 27.4 Å². The number of nitrogen functional groups attached to an aromatic ring is 1. The molecule has 4 atom stereocenters. The van der Waals surface area contributed by atoms with Crippen LogP contribution in [0, 0.1) is 0 Å². The molecule has 0 aromatic carbocycles. The Balaban J connectivity index is 2.10. The number of aliphatic hydroxyl groups is 3. The van der Waals surface area contributed by atoms with E-state index in [1.807, 2.05) is 0 Å². The Labute approximate surface area is 118 Å². The predicted octanol–water partition coefficient (Wildman–Crippen LogP) is -0.182. The molecule has 0 unspecified atom stereocenters. The van der Waals surface area contributed by atoms with Gasteiger partial charge in [-0.15, -0.1) is 11.3 Å². The van der Waals surface area contributed by atoms with Crippen LogP contribution in [-0.2, 0) is 4.74 Å². The maximum Gasteiger partial charge on any atom is 0.144 e. The molecule has 1 fully saturated rings. The average molecular weight is 297 g/mol. The molecule has 1 saturated heterocycles. The monoisotopic (exact) mass is 297 g/mol. The average Bonchev–Trinajstić information content (AvgIpc) is 2.92. The zero-order chi connectivity index (χ0) is 14.5. The molecule has 2 aromatic rings. The molecule has 0 amide bonds. The highest BCUT2D eigenvalue weighted by Crippen LogP contribution is 2.45. The molecular formula is C12H15N3O4S. The first-order valence-electron chi connectivity index (χ1n) is 6.11. The van der Waals surface area contributed by atoms with Crippen molar-refractivity contribution in [1.82, 2.24) is 9.97 Å². The highest BCUT2D eigenvalue weighted by Gasteiger charge is 2.53. The Hall–Kier alpha value is -1.32. The van der Waals surface area contributed by atoms with Crippen LogP contribution in [0.25, 0.3) is 10.2 Å². The zero-order valence-corrected chi connectivity index (χ0v) is 11.5. The number of anilines is 1. The number of aliphatic hydroxyl groups excluding tert-OH is 2. The quantitative estimate of drug-likeness (QED) is 0.606. The number of thiophene rings is 1. The van der Waals surface area contributed by atoms with Gasteiger partial charge in [-0.3, -0.25) is 0 Å². The molecule has 2 aromatic heterocycles. The molecule has 7 nitrogen and oxygen atoms in total. The van der Waals surface area contributed by atoms with Crippen molar-refractivity contribution in [2.24, 2.45) is 0 Å². The van der Waals surface area contributed by atoms with Crippen LogP contribution in [0.3, 0.4) is 0 Å². The Kier molecular flexibility index (Phi) is 3.14. The Morgan fingerprint density at radius 1 is 1.50 bits per heavy atom. The summed E-state index contributed by atoms with van der Waals surface area (Å²) in [6.45, 7) is 1.11. The highest BCUT2D eigenvalue weighted by molar-refractivity contribution is 7.17. The number of nitrogens with zero attached hydrogens (tertiary/aromatic N) is 2. The first-order valence-corrected chi connectivity index (χ1v) is 6.99. The van der Waals surface area contributed by atoms with E-state index in [0.29, 0.717) is 21.6 Å². The van der Waals surface area contributed by atoms with E-state index in [4.69, 9.17) is 10.5 Å². The number of hydrogen-bond acceptors (Lipinski definition) is 8. The summed E-state index contributed by atoms with van der Waals surface area (Å²) in [6.07, 6.45) is -1.44. The van der Waals surface area contributed by atoms with Gasteiger partial charge in [0.15, 0.2) is 0 Å². The first kappa shape index (κ1) is 13.7. The van der Waals surface area contributed by atoms with Crippen LogP contribution >= 0.6 is 11.3 Å². The maximum atomic E-state index is 10.5. The summed E-state index contributed by atoms with van der Waals surface area (Å²) < 4.78 is 6.30. The van der Waals surface area contributed by atoms with Gasteiger partial charge in [-0.2, -0.15) is 0 Å².